The van der Waals surface area contributed by atoms with E-state index >= 15 is 0 Å². The highest BCUT2D eigenvalue weighted by Gasteiger charge is 2.38. The van der Waals surface area contributed by atoms with Crippen LogP contribution in [0.5, 0.6) is 0 Å². The first-order valence-corrected chi connectivity index (χ1v) is 8.36. The normalized spacial score (nSPS) is 11.5. The summed E-state index contributed by atoms with van der Waals surface area (Å²) in [6.07, 6.45) is -5.08. The highest BCUT2D eigenvalue weighted by atomic mass is 32.1. The van der Waals surface area contributed by atoms with Crippen molar-refractivity contribution >= 4 is 28.2 Å². The SMILES string of the molecule is Cc1nc(CN(C)Cc2[nH]nc3ccccc23)cs1.O=C(O)C(F)(F)F. The molecule has 2 N–H and O–H groups in total. The molecule has 26 heavy (non-hydrogen) atoms. The fourth-order valence-corrected chi connectivity index (χ4v) is 2.82. The van der Waals surface area contributed by atoms with Crippen LogP contribution in [0, 0.1) is 6.92 Å². The van der Waals surface area contributed by atoms with Crippen molar-refractivity contribution in [2.75, 3.05) is 7.05 Å². The maximum atomic E-state index is 10.6. The quantitative estimate of drug-likeness (QED) is 0.716. The molecule has 3 aromatic rings. The first-order valence-electron chi connectivity index (χ1n) is 7.48. The topological polar surface area (TPSA) is 82.1 Å². The van der Waals surface area contributed by atoms with Gasteiger partial charge in [-0.25, -0.2) is 9.78 Å². The van der Waals surface area contributed by atoms with E-state index < -0.39 is 12.1 Å². The van der Waals surface area contributed by atoms with Gasteiger partial charge in [-0.1, -0.05) is 18.2 Å². The largest absolute Gasteiger partial charge is 0.490 e. The van der Waals surface area contributed by atoms with Gasteiger partial charge in [0.2, 0.25) is 0 Å². The summed E-state index contributed by atoms with van der Waals surface area (Å²) in [4.78, 5) is 15.6. The van der Waals surface area contributed by atoms with Crippen molar-refractivity contribution in [2.24, 2.45) is 0 Å². The van der Waals surface area contributed by atoms with Gasteiger partial charge in [-0.2, -0.15) is 18.3 Å². The van der Waals surface area contributed by atoms with Crippen molar-refractivity contribution in [1.82, 2.24) is 20.1 Å². The van der Waals surface area contributed by atoms with E-state index in [9.17, 15) is 13.2 Å². The molecule has 0 aliphatic heterocycles. The van der Waals surface area contributed by atoms with Gasteiger partial charge < -0.3 is 5.11 Å². The summed E-state index contributed by atoms with van der Waals surface area (Å²) in [5, 5.41) is 19.0. The van der Waals surface area contributed by atoms with Crippen LogP contribution in [0.25, 0.3) is 10.9 Å². The van der Waals surface area contributed by atoms with Gasteiger partial charge in [0.15, 0.2) is 0 Å². The second kappa shape index (κ2) is 8.28. The minimum atomic E-state index is -5.08. The maximum Gasteiger partial charge on any atom is 0.490 e. The molecule has 0 bridgehead atoms. The number of nitrogens with one attached hydrogen (secondary N) is 1. The number of aromatic amines is 1. The summed E-state index contributed by atoms with van der Waals surface area (Å²) in [5.74, 6) is -2.76. The molecule has 6 nitrogen and oxygen atoms in total. The van der Waals surface area contributed by atoms with Crippen LogP contribution in [0.2, 0.25) is 0 Å². The van der Waals surface area contributed by atoms with E-state index in [1.54, 1.807) is 11.3 Å². The highest BCUT2D eigenvalue weighted by molar-refractivity contribution is 7.09. The number of aromatic nitrogens is 3. The zero-order chi connectivity index (χ0) is 19.3. The van der Waals surface area contributed by atoms with Crippen LogP contribution in [0.4, 0.5) is 13.2 Å². The van der Waals surface area contributed by atoms with E-state index in [1.165, 1.54) is 5.39 Å². The lowest BCUT2D eigenvalue weighted by Crippen LogP contribution is -2.21. The number of thiazole rings is 1. The monoisotopic (exact) mass is 386 g/mol. The van der Waals surface area contributed by atoms with Crippen LogP contribution in [0.1, 0.15) is 16.4 Å². The number of alkyl halides is 3. The highest BCUT2D eigenvalue weighted by Crippen LogP contribution is 2.17. The molecule has 0 fully saturated rings. The number of fused-ring (bicyclic) bond motifs is 1. The molecule has 10 heteroatoms. The summed E-state index contributed by atoms with van der Waals surface area (Å²) >= 11 is 1.70. The van der Waals surface area contributed by atoms with Crippen molar-refractivity contribution in [3.05, 3.63) is 46.0 Å². The first-order chi connectivity index (χ1) is 12.2. The third-order valence-corrected chi connectivity index (χ3v) is 4.13. The van der Waals surface area contributed by atoms with Crippen LogP contribution in [0.15, 0.2) is 29.6 Å². The van der Waals surface area contributed by atoms with Gasteiger partial charge in [0.25, 0.3) is 0 Å². The van der Waals surface area contributed by atoms with Crippen LogP contribution >= 0.6 is 11.3 Å². The predicted molar refractivity (Wildman–Crippen MR) is 91.8 cm³/mol. The maximum absolute atomic E-state index is 10.6. The summed E-state index contributed by atoms with van der Waals surface area (Å²) in [6.45, 7) is 3.74. The molecule has 0 saturated carbocycles. The van der Waals surface area contributed by atoms with E-state index in [0.717, 1.165) is 35.0 Å². The Bertz CT molecular complexity index is 876. The molecule has 0 aliphatic carbocycles. The Morgan fingerprint density at radius 1 is 1.31 bits per heavy atom. The molecule has 0 atom stereocenters. The number of halogens is 3. The Hall–Kier alpha value is -2.46. The van der Waals surface area contributed by atoms with Crippen LogP contribution in [-0.2, 0) is 17.9 Å². The molecular weight excluding hydrogens is 369 g/mol. The van der Waals surface area contributed by atoms with Crippen molar-refractivity contribution in [2.45, 2.75) is 26.2 Å². The number of para-hydroxylation sites is 1. The molecular formula is C16H17F3N4O2S. The lowest BCUT2D eigenvalue weighted by Gasteiger charge is -2.14. The molecule has 0 saturated heterocycles. The average molecular weight is 386 g/mol. The zero-order valence-corrected chi connectivity index (χ0v) is 14.9. The van der Waals surface area contributed by atoms with Gasteiger partial charge in [-0.3, -0.25) is 10.00 Å². The van der Waals surface area contributed by atoms with Gasteiger partial charge in [0.1, 0.15) is 0 Å². The molecule has 2 heterocycles. The summed E-state index contributed by atoms with van der Waals surface area (Å²) < 4.78 is 31.7. The van der Waals surface area contributed by atoms with Crippen molar-refractivity contribution in [3.63, 3.8) is 0 Å². The number of aliphatic carboxylic acids is 1. The van der Waals surface area contributed by atoms with E-state index in [0.29, 0.717) is 0 Å². The van der Waals surface area contributed by atoms with E-state index in [4.69, 9.17) is 9.90 Å². The fourth-order valence-electron chi connectivity index (χ4n) is 2.22. The molecule has 0 radical (unpaired) electrons. The molecule has 140 valence electrons. The number of H-pyrrole nitrogens is 1. The van der Waals surface area contributed by atoms with E-state index in [-0.39, 0.29) is 0 Å². The zero-order valence-electron chi connectivity index (χ0n) is 14.0. The molecule has 0 amide bonds. The van der Waals surface area contributed by atoms with Gasteiger partial charge >= 0.3 is 12.1 Å². The number of hydrogen-bond donors (Lipinski definition) is 2. The Morgan fingerprint density at radius 3 is 2.54 bits per heavy atom. The van der Waals surface area contributed by atoms with Crippen molar-refractivity contribution in [1.29, 1.82) is 0 Å². The van der Waals surface area contributed by atoms with Crippen molar-refractivity contribution < 1.29 is 23.1 Å². The van der Waals surface area contributed by atoms with Crippen LogP contribution < -0.4 is 0 Å². The summed E-state index contributed by atoms with van der Waals surface area (Å²) in [7, 11) is 2.10. The van der Waals surface area contributed by atoms with Crippen molar-refractivity contribution in [3.8, 4) is 0 Å². The third-order valence-electron chi connectivity index (χ3n) is 3.31. The number of rotatable bonds is 4. The van der Waals surface area contributed by atoms with E-state index in [1.807, 2.05) is 25.1 Å². The Morgan fingerprint density at radius 2 is 1.96 bits per heavy atom. The first kappa shape index (κ1) is 19.9. The van der Waals surface area contributed by atoms with Gasteiger partial charge in [0.05, 0.1) is 21.9 Å². The Kier molecular flexibility index (Phi) is 6.32. The van der Waals surface area contributed by atoms with Crippen LogP contribution in [0.3, 0.4) is 0 Å². The predicted octanol–water partition coefficient (Wildman–Crippen LogP) is 3.59. The molecule has 2 aromatic heterocycles. The third kappa shape index (κ3) is 5.53. The number of nitrogens with zero attached hydrogens (tertiary/aromatic N) is 3. The average Bonchev–Trinajstić information content (AvgIpc) is 3.14. The lowest BCUT2D eigenvalue weighted by molar-refractivity contribution is -0.192. The van der Waals surface area contributed by atoms with Crippen LogP contribution in [-0.4, -0.2) is 44.4 Å². The summed E-state index contributed by atoms with van der Waals surface area (Å²) in [6, 6.07) is 8.19. The Balaban J connectivity index is 0.000000298. The fraction of sp³-hybridized carbons (Fsp3) is 0.312. The standard InChI is InChI=1S/C14H16N4S.C2HF3O2/c1-10-15-11(9-19-10)7-18(2)8-14-12-5-3-4-6-13(12)16-17-14;3-2(4,5)1(6)7/h3-6,9H,7-8H2,1-2H3,(H,16,17);(H,6,7). The number of benzene rings is 1. The van der Waals surface area contributed by atoms with E-state index in [2.05, 4.69) is 38.6 Å². The molecule has 1 aromatic carbocycles. The van der Waals surface area contributed by atoms with Gasteiger partial charge in [-0.15, -0.1) is 11.3 Å². The van der Waals surface area contributed by atoms with Gasteiger partial charge in [-0.05, 0) is 20.0 Å². The molecule has 0 unspecified atom stereocenters. The minimum Gasteiger partial charge on any atom is -0.475 e. The number of aryl methyl sites for hydroxylation is 1. The number of carboxylic acids is 1. The number of carboxylic acid groups (broad SMARTS) is 1. The summed E-state index contributed by atoms with van der Waals surface area (Å²) in [5.41, 5.74) is 3.31. The van der Waals surface area contributed by atoms with Gasteiger partial charge in [0, 0.05) is 23.9 Å². The molecule has 0 aliphatic rings. The minimum absolute atomic E-state index is 0.844. The Labute approximate surface area is 151 Å². The molecule has 3 rings (SSSR count). The molecule has 0 spiro atoms. The number of hydrogen-bond acceptors (Lipinski definition) is 5. The second-order valence-electron chi connectivity index (χ2n) is 5.55. The smallest absolute Gasteiger partial charge is 0.475 e. The number of carbonyl (C=O) groups is 1. The lowest BCUT2D eigenvalue weighted by atomic mass is 10.2. The second-order valence-corrected chi connectivity index (χ2v) is 6.61.